The van der Waals surface area contributed by atoms with Crippen LogP contribution in [0.2, 0.25) is 0 Å². The summed E-state index contributed by atoms with van der Waals surface area (Å²) in [5.74, 6) is 0.102. The molecule has 0 saturated carbocycles. The van der Waals surface area contributed by atoms with Gasteiger partial charge in [0.05, 0.1) is 6.54 Å². The van der Waals surface area contributed by atoms with Crippen molar-refractivity contribution in [3.63, 3.8) is 0 Å². The molecule has 1 amide bonds. The predicted molar refractivity (Wildman–Crippen MR) is 55.7 cm³/mol. The predicted octanol–water partition coefficient (Wildman–Crippen LogP) is 1.29. The lowest BCUT2D eigenvalue weighted by Crippen LogP contribution is -2.37. The average molecular weight is 186 g/mol. The van der Waals surface area contributed by atoms with Crippen LogP contribution in [0.1, 0.15) is 40.0 Å². The number of amides is 1. The first-order chi connectivity index (χ1) is 6.16. The number of rotatable bonds is 7. The van der Waals surface area contributed by atoms with Gasteiger partial charge in [0.1, 0.15) is 0 Å². The van der Waals surface area contributed by atoms with Crippen molar-refractivity contribution in [1.29, 1.82) is 0 Å². The fourth-order valence-corrected chi connectivity index (χ4v) is 0.962. The minimum Gasteiger partial charge on any atom is -0.355 e. The molecule has 13 heavy (non-hydrogen) atoms. The fourth-order valence-electron chi connectivity index (χ4n) is 0.962. The SMILES string of the molecule is CCCCCNC(=O)CNC(C)C. The zero-order valence-corrected chi connectivity index (χ0v) is 9.02. The number of carbonyl (C=O) groups excluding carboxylic acids is 1. The van der Waals surface area contributed by atoms with Crippen LogP contribution in [-0.2, 0) is 4.79 Å². The topological polar surface area (TPSA) is 41.1 Å². The molecule has 0 atom stereocenters. The second-order valence-electron chi connectivity index (χ2n) is 3.59. The Morgan fingerprint density at radius 2 is 2.00 bits per heavy atom. The molecule has 3 heteroatoms. The molecule has 0 bridgehead atoms. The van der Waals surface area contributed by atoms with Crippen molar-refractivity contribution in [1.82, 2.24) is 10.6 Å². The van der Waals surface area contributed by atoms with E-state index < -0.39 is 0 Å². The summed E-state index contributed by atoms with van der Waals surface area (Å²) >= 11 is 0. The molecule has 0 spiro atoms. The minimum atomic E-state index is 0.102. The van der Waals surface area contributed by atoms with Crippen LogP contribution in [0.15, 0.2) is 0 Å². The van der Waals surface area contributed by atoms with Gasteiger partial charge in [0, 0.05) is 12.6 Å². The first kappa shape index (κ1) is 12.4. The molecule has 3 nitrogen and oxygen atoms in total. The summed E-state index contributed by atoms with van der Waals surface area (Å²) < 4.78 is 0. The fraction of sp³-hybridized carbons (Fsp3) is 0.900. The number of nitrogens with one attached hydrogen (secondary N) is 2. The largest absolute Gasteiger partial charge is 0.355 e. The van der Waals surface area contributed by atoms with E-state index in [-0.39, 0.29) is 5.91 Å². The molecule has 0 aliphatic rings. The molecule has 0 fully saturated rings. The summed E-state index contributed by atoms with van der Waals surface area (Å²) in [4.78, 5) is 11.1. The van der Waals surface area contributed by atoms with Crippen molar-refractivity contribution in [3.05, 3.63) is 0 Å². The molecule has 0 radical (unpaired) electrons. The minimum absolute atomic E-state index is 0.102. The number of unbranched alkanes of at least 4 members (excludes halogenated alkanes) is 2. The summed E-state index contributed by atoms with van der Waals surface area (Å²) in [5, 5.41) is 5.95. The first-order valence-electron chi connectivity index (χ1n) is 5.17. The quantitative estimate of drug-likeness (QED) is 0.588. The normalized spacial score (nSPS) is 10.5. The number of carbonyl (C=O) groups is 1. The molecule has 2 N–H and O–H groups in total. The molecule has 0 unspecified atom stereocenters. The van der Waals surface area contributed by atoms with Gasteiger partial charge in [-0.1, -0.05) is 33.6 Å². The highest BCUT2D eigenvalue weighted by Gasteiger charge is 2.00. The molecule has 0 heterocycles. The highest BCUT2D eigenvalue weighted by molar-refractivity contribution is 5.77. The van der Waals surface area contributed by atoms with Crippen molar-refractivity contribution in [3.8, 4) is 0 Å². The van der Waals surface area contributed by atoms with Gasteiger partial charge < -0.3 is 10.6 Å². The van der Waals surface area contributed by atoms with E-state index in [1.807, 2.05) is 13.8 Å². The van der Waals surface area contributed by atoms with Crippen LogP contribution in [0, 0.1) is 0 Å². The van der Waals surface area contributed by atoms with Gasteiger partial charge in [-0.15, -0.1) is 0 Å². The molecule has 0 aliphatic carbocycles. The van der Waals surface area contributed by atoms with Gasteiger partial charge in [-0.3, -0.25) is 4.79 Å². The lowest BCUT2D eigenvalue weighted by Gasteiger charge is -2.08. The maximum Gasteiger partial charge on any atom is 0.233 e. The van der Waals surface area contributed by atoms with Crippen LogP contribution >= 0.6 is 0 Å². The van der Waals surface area contributed by atoms with Gasteiger partial charge >= 0.3 is 0 Å². The molecule has 0 saturated heterocycles. The maximum absolute atomic E-state index is 11.1. The van der Waals surface area contributed by atoms with Crippen LogP contribution in [0.5, 0.6) is 0 Å². The number of hydrogen-bond acceptors (Lipinski definition) is 2. The van der Waals surface area contributed by atoms with Crippen molar-refractivity contribution < 1.29 is 4.79 Å². The third kappa shape index (κ3) is 9.34. The van der Waals surface area contributed by atoms with Crippen LogP contribution in [0.25, 0.3) is 0 Å². The van der Waals surface area contributed by atoms with Gasteiger partial charge in [-0.25, -0.2) is 0 Å². The van der Waals surface area contributed by atoms with Crippen molar-refractivity contribution in [2.45, 2.75) is 46.1 Å². The highest BCUT2D eigenvalue weighted by Crippen LogP contribution is 1.90. The van der Waals surface area contributed by atoms with Crippen molar-refractivity contribution >= 4 is 5.91 Å². The lowest BCUT2D eigenvalue weighted by atomic mass is 10.2. The second-order valence-corrected chi connectivity index (χ2v) is 3.59. The standard InChI is InChI=1S/C10H22N2O/c1-4-5-6-7-11-10(13)8-12-9(2)3/h9,12H,4-8H2,1-3H3,(H,11,13). The lowest BCUT2D eigenvalue weighted by molar-refractivity contribution is -0.120. The van der Waals surface area contributed by atoms with E-state index in [4.69, 9.17) is 0 Å². The van der Waals surface area contributed by atoms with Gasteiger partial charge in [0.15, 0.2) is 0 Å². The van der Waals surface area contributed by atoms with E-state index in [1.54, 1.807) is 0 Å². The van der Waals surface area contributed by atoms with E-state index in [2.05, 4.69) is 17.6 Å². The van der Waals surface area contributed by atoms with Gasteiger partial charge in [0.25, 0.3) is 0 Å². The Morgan fingerprint density at radius 3 is 2.54 bits per heavy atom. The molecular formula is C10H22N2O. The summed E-state index contributed by atoms with van der Waals surface area (Å²) in [5.41, 5.74) is 0. The zero-order valence-electron chi connectivity index (χ0n) is 9.02. The van der Waals surface area contributed by atoms with E-state index >= 15 is 0 Å². The van der Waals surface area contributed by atoms with Crippen molar-refractivity contribution in [2.24, 2.45) is 0 Å². The zero-order chi connectivity index (χ0) is 10.1. The Labute approximate surface area is 81.3 Å². The monoisotopic (exact) mass is 186 g/mol. The van der Waals surface area contributed by atoms with Gasteiger partial charge in [-0.05, 0) is 6.42 Å². The van der Waals surface area contributed by atoms with E-state index in [9.17, 15) is 4.79 Å². The molecule has 0 rings (SSSR count). The smallest absolute Gasteiger partial charge is 0.233 e. The summed E-state index contributed by atoms with van der Waals surface area (Å²) in [6.45, 7) is 7.47. The van der Waals surface area contributed by atoms with Gasteiger partial charge in [-0.2, -0.15) is 0 Å². The van der Waals surface area contributed by atoms with Crippen molar-refractivity contribution in [2.75, 3.05) is 13.1 Å². The summed E-state index contributed by atoms with van der Waals surface area (Å²) in [6, 6.07) is 0.376. The summed E-state index contributed by atoms with van der Waals surface area (Å²) in [7, 11) is 0. The van der Waals surface area contributed by atoms with Crippen LogP contribution in [0.4, 0.5) is 0 Å². The Balaban J connectivity index is 3.20. The second kappa shape index (κ2) is 8.05. The highest BCUT2D eigenvalue weighted by atomic mass is 16.1. The average Bonchev–Trinajstić information content (AvgIpc) is 2.09. The van der Waals surface area contributed by atoms with Crippen LogP contribution < -0.4 is 10.6 Å². The summed E-state index contributed by atoms with van der Waals surface area (Å²) in [6.07, 6.45) is 3.47. The third-order valence-corrected chi connectivity index (χ3v) is 1.77. The molecule has 78 valence electrons. The van der Waals surface area contributed by atoms with Gasteiger partial charge in [0.2, 0.25) is 5.91 Å². The Morgan fingerprint density at radius 1 is 1.31 bits per heavy atom. The molecule has 0 aromatic carbocycles. The Hall–Kier alpha value is -0.570. The first-order valence-corrected chi connectivity index (χ1v) is 5.17. The maximum atomic E-state index is 11.1. The Kier molecular flexibility index (Phi) is 7.69. The molecule has 0 aliphatic heterocycles. The molecule has 0 aromatic rings. The molecular weight excluding hydrogens is 164 g/mol. The van der Waals surface area contributed by atoms with Crippen LogP contribution in [-0.4, -0.2) is 25.0 Å². The van der Waals surface area contributed by atoms with E-state index in [0.29, 0.717) is 12.6 Å². The van der Waals surface area contributed by atoms with E-state index in [1.165, 1.54) is 12.8 Å². The van der Waals surface area contributed by atoms with Crippen LogP contribution in [0.3, 0.4) is 0 Å². The van der Waals surface area contributed by atoms with E-state index in [0.717, 1.165) is 13.0 Å². The molecule has 0 aromatic heterocycles. The number of hydrogen-bond donors (Lipinski definition) is 2. The Bertz CT molecular complexity index is 135. The third-order valence-electron chi connectivity index (χ3n) is 1.77.